The molecule has 0 radical (unpaired) electrons. The second-order valence-corrected chi connectivity index (χ2v) is 8.14. The molecule has 4 rings (SSSR count). The van der Waals surface area contributed by atoms with E-state index in [2.05, 4.69) is 4.74 Å². The molecular weight excluding hydrogens is 511 g/mol. The Kier molecular flexibility index (Phi) is 6.81. The molecule has 0 heterocycles. The fourth-order valence-corrected chi connectivity index (χ4v) is 3.81. The minimum atomic E-state index is -5.91. The van der Waals surface area contributed by atoms with Crippen molar-refractivity contribution in [2.24, 2.45) is 0 Å². The van der Waals surface area contributed by atoms with Gasteiger partial charge in [0.05, 0.1) is 5.56 Å². The summed E-state index contributed by atoms with van der Waals surface area (Å²) in [6, 6.07) is 16.3. The Hall–Kier alpha value is -3.79. The molecular formula is C27H15F9O. The predicted molar refractivity (Wildman–Crippen MR) is 118 cm³/mol. The van der Waals surface area contributed by atoms with Crippen LogP contribution in [0.1, 0.15) is 11.1 Å². The van der Waals surface area contributed by atoms with Crippen molar-refractivity contribution < 1.29 is 44.3 Å². The second-order valence-electron chi connectivity index (χ2n) is 8.14. The first-order chi connectivity index (χ1) is 17.2. The number of benzene rings is 4. The monoisotopic (exact) mass is 526 g/mol. The molecule has 4 aromatic rings. The van der Waals surface area contributed by atoms with Crippen LogP contribution in [0.25, 0.3) is 33.4 Å². The lowest BCUT2D eigenvalue weighted by atomic mass is 9.96. The van der Waals surface area contributed by atoms with Gasteiger partial charge in [0.25, 0.3) is 0 Å². The van der Waals surface area contributed by atoms with E-state index in [1.807, 2.05) is 31.2 Å². The molecule has 0 aliphatic carbocycles. The molecule has 0 saturated carbocycles. The Labute approximate surface area is 204 Å². The normalized spacial score (nSPS) is 12.2. The molecule has 0 saturated heterocycles. The first kappa shape index (κ1) is 26.3. The molecule has 0 fully saturated rings. The van der Waals surface area contributed by atoms with Crippen molar-refractivity contribution in [3.8, 4) is 33.4 Å². The van der Waals surface area contributed by atoms with E-state index >= 15 is 0 Å². The van der Waals surface area contributed by atoms with E-state index in [9.17, 15) is 39.5 Å². The van der Waals surface area contributed by atoms with E-state index in [0.717, 1.165) is 28.8 Å². The minimum Gasteiger partial charge on any atom is -0.222 e. The van der Waals surface area contributed by atoms with Gasteiger partial charge < -0.3 is 0 Å². The third-order valence-corrected chi connectivity index (χ3v) is 5.51. The van der Waals surface area contributed by atoms with Crippen molar-refractivity contribution in [2.45, 2.75) is 19.4 Å². The van der Waals surface area contributed by atoms with Crippen LogP contribution in [0.3, 0.4) is 0 Å². The number of ether oxygens (including phenoxy) is 1. The van der Waals surface area contributed by atoms with Gasteiger partial charge in [-0.3, -0.25) is 0 Å². The standard InChI is InChI=1S/C27H15F9O/c1-14-2-4-15(5-3-14)16-6-8-17(9-7-16)18-10-20(28)24(21(29)11-18)19-12-22(30)25(23(31)13-19)26(32,33)37-27(34,35)36/h2-13H,1H3. The van der Waals surface area contributed by atoms with Crippen molar-refractivity contribution in [3.63, 3.8) is 0 Å². The van der Waals surface area contributed by atoms with Gasteiger partial charge in [-0.2, -0.15) is 8.78 Å². The molecule has 0 N–H and O–H groups in total. The lowest BCUT2D eigenvalue weighted by Gasteiger charge is -2.20. The van der Waals surface area contributed by atoms with Crippen molar-refractivity contribution in [1.29, 1.82) is 0 Å². The SMILES string of the molecule is Cc1ccc(-c2ccc(-c3cc(F)c(-c4cc(F)c(C(F)(F)OC(F)(F)F)c(F)c4)c(F)c3)cc2)cc1. The number of aryl methyl sites for hydroxylation is 1. The summed E-state index contributed by atoms with van der Waals surface area (Å²) in [5.41, 5.74) is -0.804. The summed E-state index contributed by atoms with van der Waals surface area (Å²) in [6.07, 6.45) is -11.3. The van der Waals surface area contributed by atoms with Gasteiger partial charge in [0.2, 0.25) is 0 Å². The van der Waals surface area contributed by atoms with Gasteiger partial charge in [-0.05, 0) is 59.0 Å². The van der Waals surface area contributed by atoms with Gasteiger partial charge in [0, 0.05) is 0 Å². The molecule has 37 heavy (non-hydrogen) atoms. The Morgan fingerprint density at radius 3 is 1.32 bits per heavy atom. The molecule has 0 unspecified atom stereocenters. The fourth-order valence-electron chi connectivity index (χ4n) is 3.81. The lowest BCUT2D eigenvalue weighted by molar-refractivity contribution is -0.432. The first-order valence-electron chi connectivity index (χ1n) is 10.6. The highest BCUT2D eigenvalue weighted by Gasteiger charge is 2.49. The molecule has 0 amide bonds. The van der Waals surface area contributed by atoms with E-state index in [1.165, 1.54) is 0 Å². The van der Waals surface area contributed by atoms with Gasteiger partial charge in [0.1, 0.15) is 28.8 Å². The molecule has 0 atom stereocenters. The third-order valence-electron chi connectivity index (χ3n) is 5.51. The molecule has 192 valence electrons. The molecule has 0 bridgehead atoms. The van der Waals surface area contributed by atoms with Crippen LogP contribution in [0, 0.1) is 30.2 Å². The summed E-state index contributed by atoms with van der Waals surface area (Å²) in [4.78, 5) is 0. The summed E-state index contributed by atoms with van der Waals surface area (Å²) in [5, 5.41) is 0. The summed E-state index contributed by atoms with van der Waals surface area (Å²) in [5.74, 6) is -6.91. The van der Waals surface area contributed by atoms with E-state index in [1.54, 1.807) is 24.3 Å². The largest absolute Gasteiger partial charge is 0.527 e. The van der Waals surface area contributed by atoms with Gasteiger partial charge in [-0.1, -0.05) is 54.1 Å². The Bertz CT molecular complexity index is 1390. The van der Waals surface area contributed by atoms with Crippen molar-refractivity contribution >= 4 is 0 Å². The van der Waals surface area contributed by atoms with E-state index in [4.69, 9.17) is 0 Å². The summed E-state index contributed by atoms with van der Waals surface area (Å²) in [7, 11) is 0. The average Bonchev–Trinajstić information content (AvgIpc) is 2.77. The van der Waals surface area contributed by atoms with E-state index in [0.29, 0.717) is 5.56 Å². The van der Waals surface area contributed by atoms with Crippen molar-refractivity contribution in [2.75, 3.05) is 0 Å². The summed E-state index contributed by atoms with van der Waals surface area (Å²) < 4.78 is 125. The third kappa shape index (κ3) is 5.64. The first-order valence-corrected chi connectivity index (χ1v) is 10.6. The van der Waals surface area contributed by atoms with Crippen LogP contribution in [0.2, 0.25) is 0 Å². The topological polar surface area (TPSA) is 9.23 Å². The maximum absolute atomic E-state index is 14.9. The Morgan fingerprint density at radius 2 is 0.892 bits per heavy atom. The van der Waals surface area contributed by atoms with Gasteiger partial charge >= 0.3 is 12.5 Å². The molecule has 10 heteroatoms. The zero-order valence-corrected chi connectivity index (χ0v) is 18.7. The molecule has 0 aromatic heterocycles. The molecule has 0 aliphatic heterocycles. The van der Waals surface area contributed by atoms with Gasteiger partial charge in [0.15, 0.2) is 0 Å². The zero-order valence-electron chi connectivity index (χ0n) is 18.7. The fraction of sp³-hybridized carbons (Fsp3) is 0.111. The van der Waals surface area contributed by atoms with Crippen molar-refractivity contribution in [3.05, 3.63) is 107 Å². The second kappa shape index (κ2) is 9.59. The summed E-state index contributed by atoms with van der Waals surface area (Å²) >= 11 is 0. The van der Waals surface area contributed by atoms with Crippen LogP contribution in [0.5, 0.6) is 0 Å². The lowest BCUT2D eigenvalue weighted by Crippen LogP contribution is -2.29. The number of hydrogen-bond donors (Lipinski definition) is 0. The number of hydrogen-bond acceptors (Lipinski definition) is 1. The number of rotatable bonds is 5. The molecule has 1 nitrogen and oxygen atoms in total. The predicted octanol–water partition coefficient (Wildman–Crippen LogP) is 9.14. The Balaban J connectivity index is 1.68. The molecule has 4 aromatic carbocycles. The van der Waals surface area contributed by atoms with Crippen LogP contribution < -0.4 is 0 Å². The van der Waals surface area contributed by atoms with Crippen LogP contribution in [-0.4, -0.2) is 6.36 Å². The number of halogens is 9. The summed E-state index contributed by atoms with van der Waals surface area (Å²) in [6.45, 7) is 1.94. The van der Waals surface area contributed by atoms with E-state index in [-0.39, 0.29) is 17.7 Å². The van der Waals surface area contributed by atoms with Crippen molar-refractivity contribution in [1.82, 2.24) is 0 Å². The van der Waals surface area contributed by atoms with Crippen LogP contribution >= 0.6 is 0 Å². The highest BCUT2D eigenvalue weighted by atomic mass is 19.4. The number of alkyl halides is 5. The maximum atomic E-state index is 14.9. The van der Waals surface area contributed by atoms with Gasteiger partial charge in [-0.25, -0.2) is 22.3 Å². The highest BCUT2D eigenvalue weighted by molar-refractivity contribution is 5.74. The van der Waals surface area contributed by atoms with Crippen LogP contribution in [0.4, 0.5) is 39.5 Å². The quantitative estimate of drug-likeness (QED) is 0.236. The molecule has 0 aliphatic rings. The molecule has 0 spiro atoms. The highest BCUT2D eigenvalue weighted by Crippen LogP contribution is 2.41. The minimum absolute atomic E-state index is 0.0804. The van der Waals surface area contributed by atoms with E-state index < -0.39 is 52.4 Å². The zero-order chi connectivity index (χ0) is 27.1. The van der Waals surface area contributed by atoms with Gasteiger partial charge in [-0.15, -0.1) is 13.2 Å². The maximum Gasteiger partial charge on any atom is 0.527 e. The van der Waals surface area contributed by atoms with Crippen LogP contribution in [0.15, 0.2) is 72.8 Å². The Morgan fingerprint density at radius 1 is 0.514 bits per heavy atom. The average molecular weight is 526 g/mol. The van der Waals surface area contributed by atoms with Crippen LogP contribution in [-0.2, 0) is 10.8 Å². The smallest absolute Gasteiger partial charge is 0.222 e.